The fourth-order valence-corrected chi connectivity index (χ4v) is 2.27. The van der Waals surface area contributed by atoms with Crippen LogP contribution in [-0.2, 0) is 4.74 Å². The Balaban J connectivity index is 2.27. The van der Waals surface area contributed by atoms with Crippen molar-refractivity contribution in [3.05, 3.63) is 35.4 Å². The third kappa shape index (κ3) is 2.49. The number of hydrogen-bond acceptors (Lipinski definition) is 4. The van der Waals surface area contributed by atoms with Crippen LogP contribution in [0.5, 0.6) is 0 Å². The molecule has 1 saturated heterocycles. The van der Waals surface area contributed by atoms with Crippen molar-refractivity contribution in [1.29, 1.82) is 5.41 Å². The second-order valence-corrected chi connectivity index (χ2v) is 4.55. The minimum absolute atomic E-state index is 0.161. The summed E-state index contributed by atoms with van der Waals surface area (Å²) in [7, 11) is 1.33. The maximum atomic E-state index is 11.8. The first-order valence-corrected chi connectivity index (χ1v) is 6.42. The van der Waals surface area contributed by atoms with Crippen LogP contribution in [0.15, 0.2) is 24.3 Å². The monoisotopic (exact) mass is 275 g/mol. The first-order chi connectivity index (χ1) is 9.58. The molecule has 2 rings (SSSR count). The Morgan fingerprint density at radius 2 is 2.05 bits per heavy atom. The number of rotatable bonds is 4. The van der Waals surface area contributed by atoms with Crippen LogP contribution in [0.3, 0.4) is 0 Å². The number of methoxy groups -OCH3 is 1. The highest BCUT2D eigenvalue weighted by molar-refractivity contribution is 6.06. The number of esters is 1. The number of nitrogens with zero attached hydrogens (tertiary/aromatic N) is 1. The molecule has 0 bridgehead atoms. The van der Waals surface area contributed by atoms with Crippen LogP contribution in [0.1, 0.15) is 35.3 Å². The van der Waals surface area contributed by atoms with Gasteiger partial charge in [-0.05, 0) is 24.1 Å². The quantitative estimate of drug-likeness (QED) is 0.824. The molecule has 0 spiro atoms. The van der Waals surface area contributed by atoms with Crippen LogP contribution in [0.2, 0.25) is 0 Å². The minimum Gasteiger partial charge on any atom is -0.465 e. The molecule has 6 nitrogen and oxygen atoms in total. The lowest BCUT2D eigenvalue weighted by Gasteiger charge is -2.22. The van der Waals surface area contributed by atoms with Crippen LogP contribution in [-0.4, -0.2) is 36.4 Å². The van der Waals surface area contributed by atoms with Crippen molar-refractivity contribution in [2.75, 3.05) is 13.7 Å². The van der Waals surface area contributed by atoms with E-state index in [-0.39, 0.29) is 11.9 Å². The Morgan fingerprint density at radius 3 is 2.60 bits per heavy atom. The van der Waals surface area contributed by atoms with Crippen LogP contribution < -0.4 is 5.32 Å². The standard InChI is InChI=1S/C14H17N3O3/c1-3-8-17-11(12(15)16-14(17)19)9-4-6-10(7-5-9)13(18)20-2/h4-7,11H,3,8H2,1-2H3,(H2,15,16,19). The molecular weight excluding hydrogens is 258 g/mol. The molecule has 1 unspecified atom stereocenters. The Morgan fingerprint density at radius 1 is 1.40 bits per heavy atom. The summed E-state index contributed by atoms with van der Waals surface area (Å²) in [6, 6.07) is 6.11. The van der Waals surface area contributed by atoms with Gasteiger partial charge in [-0.25, -0.2) is 9.59 Å². The summed E-state index contributed by atoms with van der Waals surface area (Å²) in [5.74, 6) is -0.244. The zero-order valence-electron chi connectivity index (χ0n) is 11.5. The van der Waals surface area contributed by atoms with E-state index >= 15 is 0 Å². The van der Waals surface area contributed by atoms with E-state index in [1.165, 1.54) is 7.11 Å². The molecule has 0 radical (unpaired) electrons. The number of benzene rings is 1. The van der Waals surface area contributed by atoms with Gasteiger partial charge in [0.05, 0.1) is 12.7 Å². The smallest absolute Gasteiger partial charge is 0.337 e. The summed E-state index contributed by atoms with van der Waals surface area (Å²) >= 11 is 0. The summed E-state index contributed by atoms with van der Waals surface area (Å²) < 4.78 is 4.64. The first-order valence-electron chi connectivity index (χ1n) is 6.42. The van der Waals surface area contributed by atoms with Crippen LogP contribution in [0.4, 0.5) is 4.79 Å². The molecular formula is C14H17N3O3. The molecule has 0 saturated carbocycles. The topological polar surface area (TPSA) is 82.5 Å². The van der Waals surface area contributed by atoms with Gasteiger partial charge in [-0.1, -0.05) is 19.1 Å². The van der Waals surface area contributed by atoms with Crippen molar-refractivity contribution < 1.29 is 14.3 Å². The van der Waals surface area contributed by atoms with E-state index in [4.69, 9.17) is 5.41 Å². The van der Waals surface area contributed by atoms with Gasteiger partial charge < -0.3 is 9.64 Å². The third-order valence-electron chi connectivity index (χ3n) is 3.20. The Bertz CT molecular complexity index is 539. The zero-order chi connectivity index (χ0) is 14.7. The second-order valence-electron chi connectivity index (χ2n) is 4.55. The lowest BCUT2D eigenvalue weighted by molar-refractivity contribution is 0.0600. The van der Waals surface area contributed by atoms with Gasteiger partial charge >= 0.3 is 12.0 Å². The maximum absolute atomic E-state index is 11.8. The number of amidine groups is 1. The second kappa shape index (κ2) is 5.73. The summed E-state index contributed by atoms with van der Waals surface area (Å²) in [5, 5.41) is 10.4. The van der Waals surface area contributed by atoms with E-state index in [9.17, 15) is 9.59 Å². The number of ether oxygens (including phenoxy) is 1. The molecule has 20 heavy (non-hydrogen) atoms. The van der Waals surface area contributed by atoms with Crippen molar-refractivity contribution in [3.8, 4) is 0 Å². The molecule has 1 aliphatic heterocycles. The molecule has 2 N–H and O–H groups in total. The lowest BCUT2D eigenvalue weighted by atomic mass is 10.0. The number of carbonyl (C=O) groups is 2. The highest BCUT2D eigenvalue weighted by atomic mass is 16.5. The van der Waals surface area contributed by atoms with E-state index in [0.717, 1.165) is 12.0 Å². The van der Waals surface area contributed by atoms with E-state index in [0.29, 0.717) is 12.1 Å². The predicted molar refractivity (Wildman–Crippen MR) is 73.8 cm³/mol. The summed E-state index contributed by atoms with van der Waals surface area (Å²) in [5.41, 5.74) is 1.25. The number of urea groups is 1. The lowest BCUT2D eigenvalue weighted by Crippen LogP contribution is -2.30. The summed E-state index contributed by atoms with van der Waals surface area (Å²) in [4.78, 5) is 24.8. The zero-order valence-corrected chi connectivity index (χ0v) is 11.5. The van der Waals surface area contributed by atoms with Gasteiger partial charge in [0.1, 0.15) is 11.9 Å². The minimum atomic E-state index is -0.408. The average Bonchev–Trinajstić information content (AvgIpc) is 2.73. The Kier molecular flexibility index (Phi) is 4.02. The fraction of sp³-hybridized carbons (Fsp3) is 0.357. The highest BCUT2D eigenvalue weighted by Gasteiger charge is 2.35. The van der Waals surface area contributed by atoms with Gasteiger partial charge in [-0.15, -0.1) is 0 Å². The molecule has 1 aliphatic rings. The van der Waals surface area contributed by atoms with Crippen molar-refractivity contribution in [3.63, 3.8) is 0 Å². The van der Waals surface area contributed by atoms with Gasteiger partial charge in [0.2, 0.25) is 0 Å². The Labute approximate surface area is 117 Å². The predicted octanol–water partition coefficient (Wildman–Crippen LogP) is 1.93. The molecule has 2 amide bonds. The average molecular weight is 275 g/mol. The number of carbonyl (C=O) groups excluding carboxylic acids is 2. The van der Waals surface area contributed by atoms with Crippen molar-refractivity contribution in [2.24, 2.45) is 0 Å². The van der Waals surface area contributed by atoms with Gasteiger partial charge in [0.25, 0.3) is 0 Å². The normalized spacial score (nSPS) is 18.1. The van der Waals surface area contributed by atoms with Gasteiger partial charge in [0, 0.05) is 6.54 Å². The molecule has 1 heterocycles. The van der Waals surface area contributed by atoms with Gasteiger partial charge in [-0.3, -0.25) is 10.7 Å². The molecule has 1 fully saturated rings. The Hall–Kier alpha value is -2.37. The molecule has 106 valence electrons. The van der Waals surface area contributed by atoms with Crippen LogP contribution in [0, 0.1) is 5.41 Å². The fourth-order valence-electron chi connectivity index (χ4n) is 2.27. The molecule has 1 aromatic carbocycles. The van der Waals surface area contributed by atoms with Gasteiger partial charge in [0.15, 0.2) is 0 Å². The number of nitrogens with one attached hydrogen (secondary N) is 2. The highest BCUT2D eigenvalue weighted by Crippen LogP contribution is 2.26. The first kappa shape index (κ1) is 14.0. The van der Waals surface area contributed by atoms with Crippen LogP contribution in [0.25, 0.3) is 0 Å². The van der Waals surface area contributed by atoms with Gasteiger partial charge in [-0.2, -0.15) is 0 Å². The van der Waals surface area contributed by atoms with E-state index in [1.54, 1.807) is 29.2 Å². The SMILES string of the molecule is CCCN1C(=O)NC(=N)C1c1ccc(C(=O)OC)cc1. The number of amides is 2. The van der Waals surface area contributed by atoms with E-state index in [2.05, 4.69) is 10.1 Å². The third-order valence-corrected chi connectivity index (χ3v) is 3.20. The van der Waals surface area contributed by atoms with E-state index < -0.39 is 12.0 Å². The summed E-state index contributed by atoms with van der Waals surface area (Å²) in [6.45, 7) is 2.56. The molecule has 0 aliphatic carbocycles. The molecule has 1 atom stereocenters. The molecule has 6 heteroatoms. The molecule has 1 aromatic rings. The largest absolute Gasteiger partial charge is 0.465 e. The van der Waals surface area contributed by atoms with Crippen molar-refractivity contribution in [1.82, 2.24) is 10.2 Å². The molecule has 0 aromatic heterocycles. The summed E-state index contributed by atoms with van der Waals surface area (Å²) in [6.07, 6.45) is 0.817. The maximum Gasteiger partial charge on any atom is 0.337 e. The van der Waals surface area contributed by atoms with Crippen molar-refractivity contribution in [2.45, 2.75) is 19.4 Å². The van der Waals surface area contributed by atoms with Crippen LogP contribution >= 0.6 is 0 Å². The number of hydrogen-bond donors (Lipinski definition) is 2. The van der Waals surface area contributed by atoms with Crippen molar-refractivity contribution >= 4 is 17.8 Å². The van der Waals surface area contributed by atoms with E-state index in [1.807, 2.05) is 6.92 Å².